The number of para-hydroxylation sites is 2. The first-order valence-electron chi connectivity index (χ1n) is 9.19. The number of nitrogens with one attached hydrogen (secondary N) is 3. The Balaban J connectivity index is 1.43. The predicted molar refractivity (Wildman–Crippen MR) is 108 cm³/mol. The monoisotopic (exact) mass is 375 g/mol. The van der Waals surface area contributed by atoms with Crippen LogP contribution in [0.1, 0.15) is 18.5 Å². The summed E-state index contributed by atoms with van der Waals surface area (Å²) < 4.78 is 5.65. The Morgan fingerprint density at radius 3 is 2.71 bits per heavy atom. The van der Waals surface area contributed by atoms with E-state index in [9.17, 15) is 9.59 Å². The van der Waals surface area contributed by atoms with Crippen LogP contribution in [0.25, 0.3) is 10.8 Å². The van der Waals surface area contributed by atoms with Gasteiger partial charge < -0.3 is 20.7 Å². The average molecular weight is 375 g/mol. The number of urea groups is 1. The second kappa shape index (κ2) is 7.60. The number of amides is 3. The molecule has 0 saturated carbocycles. The van der Waals surface area contributed by atoms with Gasteiger partial charge in [0.2, 0.25) is 0 Å². The lowest BCUT2D eigenvalue weighted by molar-refractivity contribution is -0.118. The second-order valence-electron chi connectivity index (χ2n) is 6.76. The normalized spacial score (nSPS) is 16.9. The molecular formula is C22H21N3O3. The van der Waals surface area contributed by atoms with E-state index >= 15 is 0 Å². The van der Waals surface area contributed by atoms with Crippen molar-refractivity contribution in [2.24, 2.45) is 0 Å². The Labute approximate surface area is 162 Å². The van der Waals surface area contributed by atoms with Crippen LogP contribution in [0.4, 0.5) is 10.5 Å². The third-order valence-corrected chi connectivity index (χ3v) is 4.81. The Bertz CT molecular complexity index is 1030. The maximum absolute atomic E-state index is 12.5. The van der Waals surface area contributed by atoms with Crippen molar-refractivity contribution in [2.45, 2.75) is 19.0 Å². The zero-order valence-electron chi connectivity index (χ0n) is 15.4. The number of fused-ring (bicyclic) bond motifs is 2. The fraction of sp³-hybridized carbons (Fsp3) is 0.182. The fourth-order valence-corrected chi connectivity index (χ4v) is 3.37. The van der Waals surface area contributed by atoms with Crippen molar-refractivity contribution in [2.75, 3.05) is 11.9 Å². The quantitative estimate of drug-likeness (QED) is 0.654. The molecule has 3 amide bonds. The van der Waals surface area contributed by atoms with Crippen molar-refractivity contribution in [1.82, 2.24) is 10.6 Å². The van der Waals surface area contributed by atoms with Gasteiger partial charge in [-0.1, -0.05) is 54.6 Å². The number of hydrogen-bond donors (Lipinski definition) is 3. The summed E-state index contributed by atoms with van der Waals surface area (Å²) in [5.74, 6) is 0.280. The highest BCUT2D eigenvalue weighted by Crippen LogP contribution is 2.26. The number of carbonyl (C=O) groups is 2. The highest BCUT2D eigenvalue weighted by Gasteiger charge is 2.26. The molecule has 1 aliphatic rings. The number of hydrogen-bond acceptors (Lipinski definition) is 3. The SMILES string of the molecule is CC(NC(=O)N[C@@H]1COc2ccccc2NC1=O)c1cccc2ccccc12. The molecule has 3 N–H and O–H groups in total. The van der Waals surface area contributed by atoms with Gasteiger partial charge in [0.1, 0.15) is 18.4 Å². The van der Waals surface area contributed by atoms with E-state index in [4.69, 9.17) is 4.74 Å². The Kier molecular flexibility index (Phi) is 4.85. The fourth-order valence-electron chi connectivity index (χ4n) is 3.37. The van der Waals surface area contributed by atoms with Gasteiger partial charge in [0.25, 0.3) is 5.91 Å². The molecule has 0 spiro atoms. The Morgan fingerprint density at radius 1 is 1.07 bits per heavy atom. The lowest BCUT2D eigenvalue weighted by atomic mass is 10.00. The van der Waals surface area contributed by atoms with Crippen molar-refractivity contribution in [3.63, 3.8) is 0 Å². The van der Waals surface area contributed by atoms with Crippen LogP contribution in [-0.2, 0) is 4.79 Å². The molecule has 1 heterocycles. The van der Waals surface area contributed by atoms with E-state index in [2.05, 4.69) is 16.0 Å². The van der Waals surface area contributed by atoms with E-state index in [0.29, 0.717) is 11.4 Å². The minimum atomic E-state index is -0.785. The van der Waals surface area contributed by atoms with Gasteiger partial charge in [-0.3, -0.25) is 4.79 Å². The van der Waals surface area contributed by atoms with Gasteiger partial charge in [0, 0.05) is 0 Å². The zero-order chi connectivity index (χ0) is 19.5. The summed E-state index contributed by atoms with van der Waals surface area (Å²) >= 11 is 0. The van der Waals surface area contributed by atoms with Crippen molar-refractivity contribution in [3.05, 3.63) is 72.3 Å². The van der Waals surface area contributed by atoms with Crippen LogP contribution in [-0.4, -0.2) is 24.6 Å². The van der Waals surface area contributed by atoms with Crippen LogP contribution < -0.4 is 20.7 Å². The molecule has 0 radical (unpaired) electrons. The first kappa shape index (κ1) is 17.9. The van der Waals surface area contributed by atoms with Gasteiger partial charge in [0.15, 0.2) is 0 Å². The summed E-state index contributed by atoms with van der Waals surface area (Å²) in [5.41, 5.74) is 1.61. The summed E-state index contributed by atoms with van der Waals surface area (Å²) in [6, 6.07) is 19.8. The zero-order valence-corrected chi connectivity index (χ0v) is 15.4. The summed E-state index contributed by atoms with van der Waals surface area (Å²) in [6.45, 7) is 1.99. The van der Waals surface area contributed by atoms with Crippen LogP contribution in [0.2, 0.25) is 0 Å². The molecular weight excluding hydrogens is 354 g/mol. The summed E-state index contributed by atoms with van der Waals surface area (Å²) in [4.78, 5) is 24.9. The molecule has 1 unspecified atom stereocenters. The third-order valence-electron chi connectivity index (χ3n) is 4.81. The minimum Gasteiger partial charge on any atom is -0.489 e. The summed E-state index contributed by atoms with van der Waals surface area (Å²) in [7, 11) is 0. The lowest BCUT2D eigenvalue weighted by Crippen LogP contribution is -2.50. The molecule has 0 bridgehead atoms. The van der Waals surface area contributed by atoms with E-state index < -0.39 is 12.1 Å². The molecule has 28 heavy (non-hydrogen) atoms. The Morgan fingerprint density at radius 2 is 1.82 bits per heavy atom. The largest absolute Gasteiger partial charge is 0.489 e. The summed E-state index contributed by atoms with van der Waals surface area (Å²) in [5, 5.41) is 10.6. The number of benzene rings is 3. The van der Waals surface area contributed by atoms with Crippen LogP contribution in [0.3, 0.4) is 0 Å². The van der Waals surface area contributed by atoms with Crippen molar-refractivity contribution in [1.29, 1.82) is 0 Å². The second-order valence-corrected chi connectivity index (χ2v) is 6.76. The maximum Gasteiger partial charge on any atom is 0.316 e. The first-order chi connectivity index (χ1) is 13.6. The van der Waals surface area contributed by atoms with E-state index in [1.165, 1.54) is 0 Å². The van der Waals surface area contributed by atoms with Gasteiger partial charge in [-0.15, -0.1) is 0 Å². The molecule has 0 saturated heterocycles. The van der Waals surface area contributed by atoms with E-state index in [1.54, 1.807) is 12.1 Å². The highest BCUT2D eigenvalue weighted by molar-refractivity contribution is 5.99. The minimum absolute atomic E-state index is 0.0684. The highest BCUT2D eigenvalue weighted by atomic mass is 16.5. The smallest absolute Gasteiger partial charge is 0.316 e. The predicted octanol–water partition coefficient (Wildman–Crippen LogP) is 3.60. The molecule has 0 aromatic heterocycles. The van der Waals surface area contributed by atoms with Gasteiger partial charge in [-0.05, 0) is 35.4 Å². The summed E-state index contributed by atoms with van der Waals surface area (Å²) in [6.07, 6.45) is 0. The number of carbonyl (C=O) groups excluding carboxylic acids is 2. The van der Waals surface area contributed by atoms with Crippen LogP contribution in [0, 0.1) is 0 Å². The molecule has 142 valence electrons. The molecule has 1 aliphatic heterocycles. The van der Waals surface area contributed by atoms with Gasteiger partial charge >= 0.3 is 6.03 Å². The number of ether oxygens (including phenoxy) is 1. The maximum atomic E-state index is 12.5. The molecule has 4 rings (SSSR count). The van der Waals surface area contributed by atoms with Crippen molar-refractivity contribution >= 4 is 28.4 Å². The number of anilines is 1. The van der Waals surface area contributed by atoms with Crippen molar-refractivity contribution < 1.29 is 14.3 Å². The molecule has 0 fully saturated rings. The first-order valence-corrected chi connectivity index (χ1v) is 9.19. The average Bonchev–Trinajstić information content (AvgIpc) is 2.86. The van der Waals surface area contributed by atoms with E-state index in [0.717, 1.165) is 16.3 Å². The standard InChI is InChI=1S/C22H21N3O3/c1-14(16-10-6-8-15-7-2-3-9-17(15)16)23-22(27)25-19-13-28-20-12-5-4-11-18(20)24-21(19)26/h2-12,14,19H,13H2,1H3,(H,24,26)(H2,23,25,27)/t14?,19-/m1/s1. The number of rotatable bonds is 3. The van der Waals surface area contributed by atoms with Gasteiger partial charge in [-0.2, -0.15) is 0 Å². The van der Waals surface area contributed by atoms with Crippen LogP contribution >= 0.6 is 0 Å². The van der Waals surface area contributed by atoms with Crippen LogP contribution in [0.15, 0.2) is 66.7 Å². The van der Waals surface area contributed by atoms with E-state index in [1.807, 2.05) is 61.5 Å². The Hall–Kier alpha value is -3.54. The third kappa shape index (κ3) is 3.62. The van der Waals surface area contributed by atoms with Crippen LogP contribution in [0.5, 0.6) is 5.75 Å². The van der Waals surface area contributed by atoms with Gasteiger partial charge in [-0.25, -0.2) is 4.79 Å². The molecule has 2 atom stereocenters. The topological polar surface area (TPSA) is 79.5 Å². The lowest BCUT2D eigenvalue weighted by Gasteiger charge is -2.20. The molecule has 0 aliphatic carbocycles. The molecule has 3 aromatic rings. The van der Waals surface area contributed by atoms with Gasteiger partial charge in [0.05, 0.1) is 11.7 Å². The van der Waals surface area contributed by atoms with E-state index in [-0.39, 0.29) is 18.6 Å². The molecule has 6 nitrogen and oxygen atoms in total. The molecule has 6 heteroatoms. The van der Waals surface area contributed by atoms with Crippen molar-refractivity contribution in [3.8, 4) is 5.75 Å². The molecule has 3 aromatic carbocycles.